The maximum absolute atomic E-state index is 13.5. The summed E-state index contributed by atoms with van der Waals surface area (Å²) < 4.78 is 40.6. The van der Waals surface area contributed by atoms with Gasteiger partial charge in [0.05, 0.1) is 5.69 Å². The van der Waals surface area contributed by atoms with E-state index < -0.39 is 23.4 Å². The van der Waals surface area contributed by atoms with Gasteiger partial charge >= 0.3 is 12.1 Å². The summed E-state index contributed by atoms with van der Waals surface area (Å²) in [5.74, 6) is -1.86. The normalized spacial score (nSPS) is 15.4. The molecule has 0 atom stereocenters. The van der Waals surface area contributed by atoms with Gasteiger partial charge in [0.2, 0.25) is 5.95 Å². The van der Waals surface area contributed by atoms with Crippen LogP contribution in [0.1, 0.15) is 53.8 Å². The van der Waals surface area contributed by atoms with Crippen molar-refractivity contribution in [3.63, 3.8) is 0 Å². The Balaban J connectivity index is 2.04. The Morgan fingerprint density at radius 3 is 2.54 bits per heavy atom. The maximum atomic E-state index is 13.5. The predicted molar refractivity (Wildman–Crippen MR) is 99.0 cm³/mol. The Kier molecular flexibility index (Phi) is 6.07. The van der Waals surface area contributed by atoms with Crippen LogP contribution >= 0.6 is 11.6 Å². The molecule has 1 aromatic carbocycles. The van der Waals surface area contributed by atoms with E-state index in [2.05, 4.69) is 15.3 Å². The first kappa shape index (κ1) is 20.4. The van der Waals surface area contributed by atoms with Gasteiger partial charge in [0.15, 0.2) is 5.69 Å². The van der Waals surface area contributed by atoms with Gasteiger partial charge in [0.25, 0.3) is 0 Å². The molecule has 1 saturated carbocycles. The highest BCUT2D eigenvalue weighted by molar-refractivity contribution is 6.30. The summed E-state index contributed by atoms with van der Waals surface area (Å²) in [5, 5.41) is 12.5. The molecule has 0 bridgehead atoms. The number of carboxylic acid groups (broad SMARTS) is 1. The molecule has 1 aliphatic rings. The predicted octanol–water partition coefficient (Wildman–Crippen LogP) is 5.71. The molecular weight excluding hydrogens is 395 g/mol. The molecule has 0 aliphatic heterocycles. The minimum absolute atomic E-state index is 0.0914. The minimum Gasteiger partial charge on any atom is -0.478 e. The Hall–Kier alpha value is -2.35. The zero-order valence-corrected chi connectivity index (χ0v) is 15.6. The van der Waals surface area contributed by atoms with Crippen molar-refractivity contribution in [1.29, 1.82) is 0 Å². The third kappa shape index (κ3) is 4.92. The van der Waals surface area contributed by atoms with E-state index in [1.165, 1.54) is 6.07 Å². The van der Waals surface area contributed by atoms with Crippen molar-refractivity contribution in [3.05, 3.63) is 46.2 Å². The number of rotatable bonds is 5. The second-order valence-corrected chi connectivity index (χ2v) is 7.30. The third-order valence-corrected chi connectivity index (χ3v) is 4.99. The highest BCUT2D eigenvalue weighted by Crippen LogP contribution is 2.35. The van der Waals surface area contributed by atoms with Crippen LogP contribution in [0.4, 0.5) is 24.8 Å². The number of hydrogen-bond acceptors (Lipinski definition) is 4. The number of anilines is 2. The monoisotopic (exact) mass is 413 g/mol. The molecule has 9 heteroatoms. The zero-order chi connectivity index (χ0) is 20.3. The summed E-state index contributed by atoms with van der Waals surface area (Å²) in [6.07, 6.45) is 0.0143. The molecule has 5 nitrogen and oxygen atoms in total. The van der Waals surface area contributed by atoms with Crippen LogP contribution in [-0.4, -0.2) is 21.0 Å². The topological polar surface area (TPSA) is 75.1 Å². The number of halogens is 4. The largest absolute Gasteiger partial charge is 0.478 e. The van der Waals surface area contributed by atoms with Gasteiger partial charge in [-0.05, 0) is 30.5 Å². The van der Waals surface area contributed by atoms with E-state index in [1.807, 2.05) is 0 Å². The van der Waals surface area contributed by atoms with Crippen molar-refractivity contribution in [2.45, 2.75) is 44.7 Å². The first-order valence-electron chi connectivity index (χ1n) is 8.98. The van der Waals surface area contributed by atoms with Crippen molar-refractivity contribution < 1.29 is 23.1 Å². The van der Waals surface area contributed by atoms with Gasteiger partial charge in [-0.2, -0.15) is 13.2 Å². The Bertz CT molecular complexity index is 868. The van der Waals surface area contributed by atoms with Crippen LogP contribution in [0.15, 0.2) is 24.3 Å². The molecule has 1 fully saturated rings. The molecule has 0 saturated heterocycles. The summed E-state index contributed by atoms with van der Waals surface area (Å²) in [5.41, 5.74) is -1.99. The van der Waals surface area contributed by atoms with Crippen molar-refractivity contribution >= 4 is 29.2 Å². The van der Waals surface area contributed by atoms with E-state index in [-0.39, 0.29) is 24.0 Å². The lowest BCUT2D eigenvalue weighted by Crippen LogP contribution is -2.22. The number of nitrogens with zero attached hydrogens (tertiary/aromatic N) is 2. The molecule has 2 N–H and O–H groups in total. The zero-order valence-electron chi connectivity index (χ0n) is 14.9. The highest BCUT2D eigenvalue weighted by Gasteiger charge is 2.40. The summed E-state index contributed by atoms with van der Waals surface area (Å²) in [7, 11) is 0. The fourth-order valence-electron chi connectivity index (χ4n) is 3.50. The van der Waals surface area contributed by atoms with E-state index in [1.54, 1.807) is 18.2 Å². The number of hydrogen-bond donors (Lipinski definition) is 2. The standard InChI is InChI=1S/C19H19ClF3N3O2/c20-12-7-4-8-13(10-12)24-18-25-14(9-11-5-2-1-3-6-11)15(17(27)28)16(26-18)19(21,22)23/h4,7-8,10-11H,1-3,5-6,9H2,(H,27,28)(H,24,25,26). The Morgan fingerprint density at radius 2 is 1.93 bits per heavy atom. The molecule has 1 aliphatic carbocycles. The maximum Gasteiger partial charge on any atom is 0.434 e. The molecule has 0 unspecified atom stereocenters. The van der Waals surface area contributed by atoms with Crippen molar-refractivity contribution in [2.75, 3.05) is 5.32 Å². The number of aromatic nitrogens is 2. The Morgan fingerprint density at radius 1 is 1.21 bits per heavy atom. The molecule has 0 spiro atoms. The second-order valence-electron chi connectivity index (χ2n) is 6.86. The molecule has 3 rings (SSSR count). The third-order valence-electron chi connectivity index (χ3n) is 4.75. The van der Waals surface area contributed by atoms with Crippen LogP contribution < -0.4 is 5.32 Å². The number of benzene rings is 1. The van der Waals surface area contributed by atoms with E-state index in [9.17, 15) is 23.1 Å². The van der Waals surface area contributed by atoms with Crippen molar-refractivity contribution in [2.24, 2.45) is 5.92 Å². The average molecular weight is 414 g/mol. The number of alkyl halides is 3. The van der Waals surface area contributed by atoms with Crippen molar-refractivity contribution in [1.82, 2.24) is 9.97 Å². The van der Waals surface area contributed by atoms with Gasteiger partial charge in [-0.15, -0.1) is 0 Å². The molecule has 2 aromatic rings. The van der Waals surface area contributed by atoms with Gasteiger partial charge in [-0.25, -0.2) is 14.8 Å². The SMILES string of the molecule is O=C(O)c1c(CC2CCCCC2)nc(Nc2cccc(Cl)c2)nc1C(F)(F)F. The van der Waals surface area contributed by atoms with Gasteiger partial charge in [-0.3, -0.25) is 0 Å². The molecule has 0 amide bonds. The van der Waals surface area contributed by atoms with Crippen LogP contribution in [0, 0.1) is 5.92 Å². The van der Waals surface area contributed by atoms with Crippen LogP contribution in [0.25, 0.3) is 0 Å². The first-order chi connectivity index (χ1) is 13.2. The number of carbonyl (C=O) groups is 1. The summed E-state index contributed by atoms with van der Waals surface area (Å²) in [6.45, 7) is 0. The summed E-state index contributed by atoms with van der Waals surface area (Å²) >= 11 is 5.90. The molecule has 1 heterocycles. The molecule has 150 valence electrons. The van der Waals surface area contributed by atoms with Crippen LogP contribution in [0.2, 0.25) is 5.02 Å². The molecule has 1 aromatic heterocycles. The van der Waals surface area contributed by atoms with Gasteiger partial charge in [0.1, 0.15) is 5.56 Å². The molecular formula is C19H19ClF3N3O2. The molecule has 28 heavy (non-hydrogen) atoms. The minimum atomic E-state index is -4.91. The van der Waals surface area contributed by atoms with E-state index in [0.29, 0.717) is 10.7 Å². The fraction of sp³-hybridized carbons (Fsp3) is 0.421. The smallest absolute Gasteiger partial charge is 0.434 e. The van der Waals surface area contributed by atoms with Gasteiger partial charge in [0, 0.05) is 10.7 Å². The van der Waals surface area contributed by atoms with Crippen LogP contribution in [-0.2, 0) is 12.6 Å². The average Bonchev–Trinajstić information content (AvgIpc) is 2.61. The van der Waals surface area contributed by atoms with Crippen LogP contribution in [0.3, 0.4) is 0 Å². The van der Waals surface area contributed by atoms with Gasteiger partial charge in [-0.1, -0.05) is 49.8 Å². The first-order valence-corrected chi connectivity index (χ1v) is 9.36. The lowest BCUT2D eigenvalue weighted by atomic mass is 9.85. The lowest BCUT2D eigenvalue weighted by Gasteiger charge is -2.23. The van der Waals surface area contributed by atoms with Gasteiger partial charge < -0.3 is 10.4 Å². The second kappa shape index (κ2) is 8.34. The van der Waals surface area contributed by atoms with E-state index in [4.69, 9.17) is 11.6 Å². The number of carboxylic acids is 1. The molecule has 0 radical (unpaired) electrons. The highest BCUT2D eigenvalue weighted by atomic mass is 35.5. The Labute approximate surface area is 165 Å². The number of aromatic carboxylic acids is 1. The summed E-state index contributed by atoms with van der Waals surface area (Å²) in [4.78, 5) is 19.2. The fourth-order valence-corrected chi connectivity index (χ4v) is 3.69. The lowest BCUT2D eigenvalue weighted by molar-refractivity contribution is -0.141. The van der Waals surface area contributed by atoms with E-state index in [0.717, 1.165) is 32.1 Å². The van der Waals surface area contributed by atoms with Crippen LogP contribution in [0.5, 0.6) is 0 Å². The summed E-state index contributed by atoms with van der Waals surface area (Å²) in [6, 6.07) is 6.37. The van der Waals surface area contributed by atoms with E-state index >= 15 is 0 Å². The van der Waals surface area contributed by atoms with Crippen molar-refractivity contribution in [3.8, 4) is 0 Å². The number of nitrogens with one attached hydrogen (secondary N) is 1. The quantitative estimate of drug-likeness (QED) is 0.656.